The molecule has 0 aromatic heterocycles. The Balaban J connectivity index is 1.86. The zero-order valence-corrected chi connectivity index (χ0v) is 10.3. The van der Waals surface area contributed by atoms with E-state index in [1.54, 1.807) is 0 Å². The standard InChI is InChI=1S/C13H24N2O/c1-15(11-8-5-9-11)13(16)12(14)10-6-3-2-4-7-10/h10-12H,2-9,14H2,1H3/t12-/m1/s1. The topological polar surface area (TPSA) is 46.3 Å². The number of nitrogens with two attached hydrogens (primary N) is 1. The minimum atomic E-state index is -0.245. The second-order valence-corrected chi connectivity index (χ2v) is 5.46. The van der Waals surface area contributed by atoms with Gasteiger partial charge in [0.05, 0.1) is 6.04 Å². The fraction of sp³-hybridized carbons (Fsp3) is 0.923. The molecule has 2 aliphatic carbocycles. The fourth-order valence-electron chi connectivity index (χ4n) is 2.88. The van der Waals surface area contributed by atoms with Gasteiger partial charge in [0.2, 0.25) is 5.91 Å². The van der Waals surface area contributed by atoms with Gasteiger partial charge < -0.3 is 10.6 Å². The summed E-state index contributed by atoms with van der Waals surface area (Å²) in [6.45, 7) is 0. The molecule has 2 rings (SSSR count). The minimum absolute atomic E-state index is 0.177. The SMILES string of the molecule is CN(C(=O)[C@H](N)C1CCCCC1)C1CCC1. The molecule has 16 heavy (non-hydrogen) atoms. The van der Waals surface area contributed by atoms with E-state index in [9.17, 15) is 4.79 Å². The van der Waals surface area contributed by atoms with Crippen LogP contribution in [0.2, 0.25) is 0 Å². The third-order valence-corrected chi connectivity index (χ3v) is 4.41. The van der Waals surface area contributed by atoms with Crippen molar-refractivity contribution in [2.24, 2.45) is 11.7 Å². The molecule has 3 nitrogen and oxygen atoms in total. The highest BCUT2D eigenvalue weighted by Gasteiger charge is 2.32. The van der Waals surface area contributed by atoms with Gasteiger partial charge in [-0.2, -0.15) is 0 Å². The summed E-state index contributed by atoms with van der Waals surface area (Å²) in [5.74, 6) is 0.611. The predicted molar refractivity (Wildman–Crippen MR) is 65.0 cm³/mol. The Morgan fingerprint density at radius 1 is 1.12 bits per heavy atom. The molecule has 0 bridgehead atoms. The monoisotopic (exact) mass is 224 g/mol. The van der Waals surface area contributed by atoms with Crippen LogP contribution in [0.3, 0.4) is 0 Å². The molecule has 2 aliphatic rings. The van der Waals surface area contributed by atoms with E-state index >= 15 is 0 Å². The average molecular weight is 224 g/mol. The molecule has 0 saturated heterocycles. The molecular weight excluding hydrogens is 200 g/mol. The molecule has 2 saturated carbocycles. The molecular formula is C13H24N2O. The highest BCUT2D eigenvalue weighted by Crippen LogP contribution is 2.28. The largest absolute Gasteiger partial charge is 0.341 e. The van der Waals surface area contributed by atoms with Gasteiger partial charge in [-0.15, -0.1) is 0 Å². The number of hydrogen-bond acceptors (Lipinski definition) is 2. The number of rotatable bonds is 3. The van der Waals surface area contributed by atoms with Crippen molar-refractivity contribution in [2.45, 2.75) is 63.5 Å². The first-order chi connectivity index (χ1) is 7.70. The van der Waals surface area contributed by atoms with E-state index in [1.807, 2.05) is 11.9 Å². The molecule has 0 radical (unpaired) electrons. The third-order valence-electron chi connectivity index (χ3n) is 4.41. The van der Waals surface area contributed by atoms with Crippen molar-refractivity contribution in [3.8, 4) is 0 Å². The normalized spacial score (nSPS) is 24.9. The molecule has 0 aliphatic heterocycles. The van der Waals surface area contributed by atoms with Crippen LogP contribution in [0.5, 0.6) is 0 Å². The second-order valence-electron chi connectivity index (χ2n) is 5.46. The molecule has 2 N–H and O–H groups in total. The molecule has 3 heteroatoms. The first kappa shape index (κ1) is 11.9. The van der Waals surface area contributed by atoms with Gasteiger partial charge in [0.1, 0.15) is 0 Å². The fourth-order valence-corrected chi connectivity index (χ4v) is 2.88. The summed E-state index contributed by atoms with van der Waals surface area (Å²) in [4.78, 5) is 14.1. The van der Waals surface area contributed by atoms with Crippen molar-refractivity contribution >= 4 is 5.91 Å². The van der Waals surface area contributed by atoms with E-state index in [4.69, 9.17) is 5.73 Å². The van der Waals surface area contributed by atoms with E-state index < -0.39 is 0 Å². The molecule has 0 aromatic carbocycles. The van der Waals surface area contributed by atoms with Crippen molar-refractivity contribution in [3.05, 3.63) is 0 Å². The Kier molecular flexibility index (Phi) is 3.85. The van der Waals surface area contributed by atoms with Crippen molar-refractivity contribution in [1.82, 2.24) is 4.90 Å². The maximum Gasteiger partial charge on any atom is 0.239 e. The van der Waals surface area contributed by atoms with Crippen LogP contribution in [-0.2, 0) is 4.79 Å². The number of carbonyl (C=O) groups excluding carboxylic acids is 1. The number of amides is 1. The molecule has 2 fully saturated rings. The number of likely N-dealkylation sites (N-methyl/N-ethyl adjacent to an activating group) is 1. The van der Waals surface area contributed by atoms with Gasteiger partial charge in [-0.25, -0.2) is 0 Å². The van der Waals surface area contributed by atoms with Gasteiger partial charge in [0.25, 0.3) is 0 Å². The zero-order valence-electron chi connectivity index (χ0n) is 10.3. The maximum absolute atomic E-state index is 12.2. The van der Waals surface area contributed by atoms with Gasteiger partial charge in [-0.1, -0.05) is 19.3 Å². The first-order valence-electron chi connectivity index (χ1n) is 6.72. The molecule has 0 heterocycles. The third kappa shape index (κ3) is 2.40. The first-order valence-corrected chi connectivity index (χ1v) is 6.72. The highest BCUT2D eigenvalue weighted by atomic mass is 16.2. The van der Waals surface area contributed by atoms with Crippen LogP contribution in [0.1, 0.15) is 51.4 Å². The van der Waals surface area contributed by atoms with Crippen LogP contribution < -0.4 is 5.73 Å². The Morgan fingerprint density at radius 2 is 1.75 bits per heavy atom. The van der Waals surface area contributed by atoms with Crippen LogP contribution >= 0.6 is 0 Å². The van der Waals surface area contributed by atoms with Gasteiger partial charge in [0, 0.05) is 13.1 Å². The summed E-state index contributed by atoms with van der Waals surface area (Å²) in [6, 6.07) is 0.230. The second kappa shape index (κ2) is 5.17. The molecule has 1 atom stereocenters. The number of nitrogens with zero attached hydrogens (tertiary/aromatic N) is 1. The van der Waals surface area contributed by atoms with E-state index in [2.05, 4.69) is 0 Å². The summed E-state index contributed by atoms with van der Waals surface area (Å²) in [6.07, 6.45) is 9.70. The van der Waals surface area contributed by atoms with Crippen LogP contribution in [0.4, 0.5) is 0 Å². The van der Waals surface area contributed by atoms with Gasteiger partial charge >= 0.3 is 0 Å². The molecule has 0 unspecified atom stereocenters. The van der Waals surface area contributed by atoms with Crippen molar-refractivity contribution < 1.29 is 4.79 Å². The minimum Gasteiger partial charge on any atom is -0.341 e. The zero-order chi connectivity index (χ0) is 11.5. The summed E-state index contributed by atoms with van der Waals surface area (Å²) >= 11 is 0. The van der Waals surface area contributed by atoms with Crippen molar-refractivity contribution in [2.75, 3.05) is 7.05 Å². The lowest BCUT2D eigenvalue weighted by atomic mass is 9.83. The average Bonchev–Trinajstić information content (AvgIpc) is 2.26. The van der Waals surface area contributed by atoms with Crippen LogP contribution in [-0.4, -0.2) is 29.9 Å². The summed E-state index contributed by atoms with van der Waals surface area (Å²) in [5, 5.41) is 0. The van der Waals surface area contributed by atoms with Crippen LogP contribution in [0.15, 0.2) is 0 Å². The van der Waals surface area contributed by atoms with Gasteiger partial charge in [0.15, 0.2) is 0 Å². The van der Waals surface area contributed by atoms with E-state index in [1.165, 1.54) is 38.5 Å². The van der Waals surface area contributed by atoms with E-state index in [0.29, 0.717) is 12.0 Å². The Bertz CT molecular complexity index is 244. The molecule has 0 aromatic rings. The van der Waals surface area contributed by atoms with Gasteiger partial charge in [-0.3, -0.25) is 4.79 Å². The maximum atomic E-state index is 12.2. The Hall–Kier alpha value is -0.570. The number of hydrogen-bond donors (Lipinski definition) is 1. The smallest absolute Gasteiger partial charge is 0.239 e. The van der Waals surface area contributed by atoms with Crippen LogP contribution in [0.25, 0.3) is 0 Å². The molecule has 0 spiro atoms. The van der Waals surface area contributed by atoms with Crippen molar-refractivity contribution in [1.29, 1.82) is 0 Å². The summed E-state index contributed by atoms with van der Waals surface area (Å²) in [7, 11) is 1.93. The summed E-state index contributed by atoms with van der Waals surface area (Å²) < 4.78 is 0. The van der Waals surface area contributed by atoms with Crippen LogP contribution in [0, 0.1) is 5.92 Å². The quantitative estimate of drug-likeness (QED) is 0.796. The molecule has 1 amide bonds. The predicted octanol–water partition coefficient (Wildman–Crippen LogP) is 1.90. The number of carbonyl (C=O) groups is 1. The highest BCUT2D eigenvalue weighted by molar-refractivity contribution is 5.82. The Labute approximate surface area is 98.4 Å². The van der Waals surface area contributed by atoms with Gasteiger partial charge in [-0.05, 0) is 38.0 Å². The van der Waals surface area contributed by atoms with E-state index in [0.717, 1.165) is 12.8 Å². The lowest BCUT2D eigenvalue weighted by Gasteiger charge is -2.38. The lowest BCUT2D eigenvalue weighted by molar-refractivity contribution is -0.136. The Morgan fingerprint density at radius 3 is 2.25 bits per heavy atom. The molecule has 92 valence electrons. The summed E-state index contributed by atoms with van der Waals surface area (Å²) in [5.41, 5.74) is 6.12. The van der Waals surface area contributed by atoms with Crippen molar-refractivity contribution in [3.63, 3.8) is 0 Å². The van der Waals surface area contributed by atoms with E-state index in [-0.39, 0.29) is 11.9 Å². The lowest BCUT2D eigenvalue weighted by Crippen LogP contribution is -2.51.